The average molecular weight is 346 g/mol. The number of methoxy groups -OCH3 is 1. The van der Waals surface area contributed by atoms with Crippen LogP contribution in [0.5, 0.6) is 5.75 Å². The van der Waals surface area contributed by atoms with Crippen LogP contribution >= 0.6 is 0 Å². The van der Waals surface area contributed by atoms with Crippen LogP contribution in [0.25, 0.3) is 0 Å². The summed E-state index contributed by atoms with van der Waals surface area (Å²) >= 11 is 0. The Bertz CT molecular complexity index is 553. The molecule has 1 saturated heterocycles. The van der Waals surface area contributed by atoms with E-state index < -0.39 is 0 Å². The van der Waals surface area contributed by atoms with Crippen molar-refractivity contribution in [3.05, 3.63) is 29.8 Å². The third-order valence-corrected chi connectivity index (χ3v) is 5.43. The molecule has 2 aliphatic rings. The Morgan fingerprint density at radius 2 is 2.04 bits per heavy atom. The number of benzene rings is 1. The first-order chi connectivity index (χ1) is 12.2. The molecule has 5 heteroatoms. The van der Waals surface area contributed by atoms with Gasteiger partial charge in [0.25, 0.3) is 0 Å². The van der Waals surface area contributed by atoms with E-state index in [1.807, 2.05) is 12.1 Å². The van der Waals surface area contributed by atoms with Crippen LogP contribution in [0, 0.1) is 0 Å². The quantitative estimate of drug-likeness (QED) is 0.776. The van der Waals surface area contributed by atoms with E-state index in [1.54, 1.807) is 7.11 Å². The highest BCUT2D eigenvalue weighted by molar-refractivity contribution is 5.74. The first kappa shape index (κ1) is 18.1. The van der Waals surface area contributed by atoms with Gasteiger partial charge in [0.15, 0.2) is 0 Å². The van der Waals surface area contributed by atoms with Gasteiger partial charge in [-0.25, -0.2) is 4.79 Å². The number of carbonyl (C=O) groups excluding carboxylic acids is 1. The van der Waals surface area contributed by atoms with Crippen molar-refractivity contribution in [2.75, 3.05) is 20.3 Å². The second-order valence-electron chi connectivity index (χ2n) is 7.28. The van der Waals surface area contributed by atoms with Crippen molar-refractivity contribution in [2.45, 2.75) is 63.0 Å². The van der Waals surface area contributed by atoms with Crippen LogP contribution < -0.4 is 15.4 Å². The van der Waals surface area contributed by atoms with Crippen LogP contribution in [-0.2, 0) is 11.2 Å². The molecule has 0 radical (unpaired) electrons. The number of rotatable bonds is 6. The van der Waals surface area contributed by atoms with E-state index in [0.717, 1.165) is 50.9 Å². The number of amides is 2. The summed E-state index contributed by atoms with van der Waals surface area (Å²) in [5.74, 6) is 0.873. The molecule has 1 atom stereocenters. The van der Waals surface area contributed by atoms with E-state index in [9.17, 15) is 4.79 Å². The molecule has 138 valence electrons. The van der Waals surface area contributed by atoms with Crippen LogP contribution in [0.3, 0.4) is 0 Å². The maximum absolute atomic E-state index is 12.1. The zero-order chi connectivity index (χ0) is 17.5. The molecule has 1 aromatic carbocycles. The third-order valence-electron chi connectivity index (χ3n) is 5.43. The fourth-order valence-electron chi connectivity index (χ4n) is 4.04. The van der Waals surface area contributed by atoms with E-state index >= 15 is 0 Å². The minimum absolute atomic E-state index is 0.0462. The Labute approximate surface area is 150 Å². The largest absolute Gasteiger partial charge is 0.497 e. The Morgan fingerprint density at radius 1 is 1.28 bits per heavy atom. The molecule has 1 unspecified atom stereocenters. The van der Waals surface area contributed by atoms with Crippen molar-refractivity contribution in [1.29, 1.82) is 0 Å². The van der Waals surface area contributed by atoms with Crippen molar-refractivity contribution in [3.63, 3.8) is 0 Å². The molecule has 0 bridgehead atoms. The third kappa shape index (κ3) is 5.11. The fourth-order valence-corrected chi connectivity index (χ4v) is 4.04. The normalized spacial score (nSPS) is 21.9. The molecule has 1 aromatic rings. The Balaban J connectivity index is 1.33. The van der Waals surface area contributed by atoms with E-state index in [4.69, 9.17) is 9.47 Å². The zero-order valence-electron chi connectivity index (χ0n) is 15.2. The Kier molecular flexibility index (Phi) is 6.19. The van der Waals surface area contributed by atoms with Gasteiger partial charge >= 0.3 is 6.03 Å². The van der Waals surface area contributed by atoms with Gasteiger partial charge in [-0.3, -0.25) is 0 Å². The molecule has 25 heavy (non-hydrogen) atoms. The molecule has 1 heterocycles. The van der Waals surface area contributed by atoms with Gasteiger partial charge < -0.3 is 20.1 Å². The smallest absolute Gasteiger partial charge is 0.315 e. The van der Waals surface area contributed by atoms with Gasteiger partial charge in [0.2, 0.25) is 0 Å². The van der Waals surface area contributed by atoms with Gasteiger partial charge in [-0.2, -0.15) is 0 Å². The summed E-state index contributed by atoms with van der Waals surface area (Å²) < 4.78 is 11.2. The van der Waals surface area contributed by atoms with E-state index in [0.29, 0.717) is 6.54 Å². The lowest BCUT2D eigenvalue weighted by Crippen LogP contribution is -2.50. The van der Waals surface area contributed by atoms with Gasteiger partial charge in [-0.05, 0) is 56.2 Å². The highest BCUT2D eigenvalue weighted by atomic mass is 16.5. The standard InChI is InChI=1S/C20H30N2O3/c1-24-18-8-6-16(7-9-18)5-4-13-21-19(23)22-17-10-14-25-20(15-17)11-2-3-12-20/h6-9,17H,2-5,10-15H2,1H3,(H2,21,22,23). The lowest BCUT2D eigenvalue weighted by molar-refractivity contribution is -0.0820. The molecule has 2 fully saturated rings. The summed E-state index contributed by atoms with van der Waals surface area (Å²) in [5, 5.41) is 6.12. The van der Waals surface area contributed by atoms with Crippen molar-refractivity contribution in [1.82, 2.24) is 10.6 Å². The summed E-state index contributed by atoms with van der Waals surface area (Å²) in [5.41, 5.74) is 1.31. The predicted molar refractivity (Wildman–Crippen MR) is 98.0 cm³/mol. The van der Waals surface area contributed by atoms with Gasteiger partial charge in [0, 0.05) is 19.2 Å². The number of hydrogen-bond acceptors (Lipinski definition) is 3. The highest BCUT2D eigenvalue weighted by Crippen LogP contribution is 2.39. The van der Waals surface area contributed by atoms with Crippen LogP contribution in [0.15, 0.2) is 24.3 Å². The molecule has 3 rings (SSSR count). The first-order valence-corrected chi connectivity index (χ1v) is 9.50. The lowest BCUT2D eigenvalue weighted by atomic mass is 9.89. The number of hydrogen-bond donors (Lipinski definition) is 2. The van der Waals surface area contributed by atoms with E-state index in [1.165, 1.54) is 18.4 Å². The van der Waals surface area contributed by atoms with Crippen LogP contribution in [0.4, 0.5) is 4.79 Å². The molecular formula is C20H30N2O3. The van der Waals surface area contributed by atoms with E-state index in [2.05, 4.69) is 22.8 Å². The summed E-state index contributed by atoms with van der Waals surface area (Å²) in [6.07, 6.45) is 8.56. The maximum atomic E-state index is 12.1. The minimum Gasteiger partial charge on any atom is -0.497 e. The average Bonchev–Trinajstić information content (AvgIpc) is 3.07. The number of aryl methyl sites for hydroxylation is 1. The predicted octanol–water partition coefficient (Wildman–Crippen LogP) is 3.42. The monoisotopic (exact) mass is 346 g/mol. The maximum Gasteiger partial charge on any atom is 0.315 e. The first-order valence-electron chi connectivity index (χ1n) is 9.50. The second kappa shape index (κ2) is 8.56. The summed E-state index contributed by atoms with van der Waals surface area (Å²) in [4.78, 5) is 12.1. The Hall–Kier alpha value is -1.75. The van der Waals surface area contributed by atoms with E-state index in [-0.39, 0.29) is 17.7 Å². The van der Waals surface area contributed by atoms with Crippen LogP contribution in [0.2, 0.25) is 0 Å². The molecule has 1 aliphatic heterocycles. The summed E-state index contributed by atoms with van der Waals surface area (Å²) in [6, 6.07) is 8.28. The summed E-state index contributed by atoms with van der Waals surface area (Å²) in [6.45, 7) is 1.45. The van der Waals surface area contributed by atoms with Gasteiger partial charge in [0.1, 0.15) is 5.75 Å². The molecular weight excluding hydrogens is 316 g/mol. The summed E-state index contributed by atoms with van der Waals surface area (Å²) in [7, 11) is 1.67. The van der Waals surface area contributed by atoms with Crippen molar-refractivity contribution in [2.24, 2.45) is 0 Å². The molecule has 5 nitrogen and oxygen atoms in total. The minimum atomic E-state index is -0.0465. The van der Waals surface area contributed by atoms with Crippen molar-refractivity contribution >= 4 is 6.03 Å². The number of carbonyl (C=O) groups is 1. The van der Waals surface area contributed by atoms with Gasteiger partial charge in [-0.1, -0.05) is 25.0 Å². The van der Waals surface area contributed by atoms with Crippen molar-refractivity contribution < 1.29 is 14.3 Å². The SMILES string of the molecule is COc1ccc(CCCNC(=O)NC2CCOC3(CCCC3)C2)cc1. The topological polar surface area (TPSA) is 59.6 Å². The highest BCUT2D eigenvalue weighted by Gasteiger charge is 2.40. The molecule has 1 spiro atoms. The molecule has 0 aromatic heterocycles. The van der Waals surface area contributed by atoms with Crippen molar-refractivity contribution in [3.8, 4) is 5.75 Å². The fraction of sp³-hybridized carbons (Fsp3) is 0.650. The number of urea groups is 1. The lowest BCUT2D eigenvalue weighted by Gasteiger charge is -2.38. The molecule has 2 amide bonds. The van der Waals surface area contributed by atoms with Crippen LogP contribution in [-0.4, -0.2) is 37.9 Å². The van der Waals surface area contributed by atoms with Crippen LogP contribution in [0.1, 0.15) is 50.5 Å². The van der Waals surface area contributed by atoms with Gasteiger partial charge in [-0.15, -0.1) is 0 Å². The molecule has 1 saturated carbocycles. The Morgan fingerprint density at radius 3 is 2.76 bits per heavy atom. The number of ether oxygens (including phenoxy) is 2. The molecule has 1 aliphatic carbocycles. The van der Waals surface area contributed by atoms with Gasteiger partial charge in [0.05, 0.1) is 12.7 Å². The molecule has 2 N–H and O–H groups in total. The zero-order valence-corrected chi connectivity index (χ0v) is 15.2. The number of nitrogens with one attached hydrogen (secondary N) is 2. The second-order valence-corrected chi connectivity index (χ2v) is 7.28.